The van der Waals surface area contributed by atoms with Gasteiger partial charge in [-0.25, -0.2) is 4.79 Å². The minimum Gasteiger partial charge on any atom is -0.334 e. The number of anilines is 1. The Balaban J connectivity index is 1.50. The van der Waals surface area contributed by atoms with E-state index in [0.717, 1.165) is 17.8 Å². The normalized spacial score (nSPS) is 15.4. The van der Waals surface area contributed by atoms with Crippen molar-refractivity contribution in [3.05, 3.63) is 65.7 Å². The van der Waals surface area contributed by atoms with E-state index in [-0.39, 0.29) is 6.03 Å². The van der Waals surface area contributed by atoms with Crippen LogP contribution in [0, 0.1) is 0 Å². The number of carbonyl (C=O) groups excluding carboxylic acids is 1. The summed E-state index contributed by atoms with van der Waals surface area (Å²) in [4.78, 5) is 14.5. The van der Waals surface area contributed by atoms with Gasteiger partial charge in [-0.1, -0.05) is 55.3 Å². The van der Waals surface area contributed by atoms with Crippen molar-refractivity contribution in [2.24, 2.45) is 0 Å². The van der Waals surface area contributed by atoms with Crippen LogP contribution in [-0.4, -0.2) is 24.0 Å². The molecule has 1 heterocycles. The first-order chi connectivity index (χ1) is 12.3. The molecule has 3 rings (SSSR count). The first-order valence-corrected chi connectivity index (χ1v) is 9.20. The van der Waals surface area contributed by atoms with Crippen LogP contribution in [0.3, 0.4) is 0 Å². The van der Waals surface area contributed by atoms with E-state index in [1.54, 1.807) is 0 Å². The summed E-state index contributed by atoms with van der Waals surface area (Å²) in [5.41, 5.74) is 3.26. The molecule has 0 bridgehead atoms. The van der Waals surface area contributed by atoms with Crippen LogP contribution in [0.2, 0.25) is 0 Å². The molecule has 1 aliphatic heterocycles. The number of urea groups is 1. The summed E-state index contributed by atoms with van der Waals surface area (Å²) in [6.45, 7) is 3.93. The molecule has 0 saturated carbocycles. The summed E-state index contributed by atoms with van der Waals surface area (Å²) >= 11 is 0. The van der Waals surface area contributed by atoms with E-state index in [4.69, 9.17) is 0 Å². The van der Waals surface area contributed by atoms with Crippen molar-refractivity contribution in [3.8, 4) is 0 Å². The van der Waals surface area contributed by atoms with E-state index in [9.17, 15) is 4.79 Å². The number of carbonyl (C=O) groups is 1. The lowest BCUT2D eigenvalue weighted by Crippen LogP contribution is -2.28. The number of hydrogen-bond donors (Lipinski definition) is 2. The van der Waals surface area contributed by atoms with Gasteiger partial charge >= 0.3 is 6.03 Å². The Bertz CT molecular complexity index is 664. The zero-order chi connectivity index (χ0) is 17.3. The summed E-state index contributed by atoms with van der Waals surface area (Å²) < 4.78 is 0. The van der Waals surface area contributed by atoms with Crippen LogP contribution in [0.5, 0.6) is 0 Å². The van der Waals surface area contributed by atoms with Crippen LogP contribution in [0.1, 0.15) is 36.8 Å². The van der Waals surface area contributed by atoms with E-state index >= 15 is 0 Å². The van der Waals surface area contributed by atoms with E-state index in [0.29, 0.717) is 6.54 Å². The fraction of sp³-hybridized carbons (Fsp3) is 0.381. The van der Waals surface area contributed by atoms with Crippen LogP contribution in [0.25, 0.3) is 0 Å². The second-order valence-corrected chi connectivity index (χ2v) is 6.68. The molecule has 4 heteroatoms. The van der Waals surface area contributed by atoms with Crippen molar-refractivity contribution >= 4 is 11.7 Å². The van der Waals surface area contributed by atoms with Gasteiger partial charge in [0.05, 0.1) is 0 Å². The highest BCUT2D eigenvalue weighted by Crippen LogP contribution is 2.14. The third-order valence-corrected chi connectivity index (χ3v) is 4.58. The molecule has 132 valence electrons. The molecule has 0 spiro atoms. The van der Waals surface area contributed by atoms with Gasteiger partial charge in [-0.3, -0.25) is 4.90 Å². The fourth-order valence-electron chi connectivity index (χ4n) is 3.27. The average Bonchev–Trinajstić information content (AvgIpc) is 2.90. The van der Waals surface area contributed by atoms with Crippen molar-refractivity contribution in [1.82, 2.24) is 10.2 Å². The Morgan fingerprint density at radius 3 is 2.36 bits per heavy atom. The van der Waals surface area contributed by atoms with Gasteiger partial charge in [0.1, 0.15) is 0 Å². The minimum atomic E-state index is -0.177. The zero-order valence-corrected chi connectivity index (χ0v) is 14.7. The number of para-hydroxylation sites is 1. The Kier molecular flexibility index (Phi) is 6.46. The van der Waals surface area contributed by atoms with Gasteiger partial charge in [0.2, 0.25) is 0 Å². The van der Waals surface area contributed by atoms with Gasteiger partial charge in [0, 0.05) is 18.8 Å². The Labute approximate surface area is 150 Å². The molecule has 2 N–H and O–H groups in total. The second kappa shape index (κ2) is 9.23. The second-order valence-electron chi connectivity index (χ2n) is 6.68. The summed E-state index contributed by atoms with van der Waals surface area (Å²) in [5.74, 6) is 0. The highest BCUT2D eigenvalue weighted by atomic mass is 16.2. The number of hydrogen-bond acceptors (Lipinski definition) is 2. The molecular weight excluding hydrogens is 310 g/mol. The highest BCUT2D eigenvalue weighted by Gasteiger charge is 2.09. The molecule has 0 radical (unpaired) electrons. The third kappa shape index (κ3) is 5.91. The Hall–Kier alpha value is -2.33. The molecule has 1 saturated heterocycles. The molecule has 1 fully saturated rings. The van der Waals surface area contributed by atoms with Gasteiger partial charge in [-0.05, 0) is 49.2 Å². The number of amides is 2. The SMILES string of the molecule is O=C(NCc1cccc(CN2CCCCCC2)c1)Nc1ccccc1. The number of likely N-dealkylation sites (tertiary alicyclic amines) is 1. The third-order valence-electron chi connectivity index (χ3n) is 4.58. The van der Waals surface area contributed by atoms with Gasteiger partial charge in [-0.2, -0.15) is 0 Å². The van der Waals surface area contributed by atoms with Gasteiger partial charge in [-0.15, -0.1) is 0 Å². The van der Waals surface area contributed by atoms with Gasteiger partial charge in [0.15, 0.2) is 0 Å². The molecule has 1 aliphatic rings. The van der Waals surface area contributed by atoms with E-state index < -0.39 is 0 Å². The van der Waals surface area contributed by atoms with Crippen molar-refractivity contribution in [2.45, 2.75) is 38.8 Å². The fourth-order valence-corrected chi connectivity index (χ4v) is 3.27. The topological polar surface area (TPSA) is 44.4 Å². The molecule has 4 nitrogen and oxygen atoms in total. The number of benzene rings is 2. The summed E-state index contributed by atoms with van der Waals surface area (Å²) in [7, 11) is 0. The summed E-state index contributed by atoms with van der Waals surface area (Å²) in [6.07, 6.45) is 5.33. The first-order valence-electron chi connectivity index (χ1n) is 9.20. The number of rotatable bonds is 5. The van der Waals surface area contributed by atoms with Crippen molar-refractivity contribution in [2.75, 3.05) is 18.4 Å². The quantitative estimate of drug-likeness (QED) is 0.850. The zero-order valence-electron chi connectivity index (χ0n) is 14.7. The van der Waals surface area contributed by atoms with Crippen molar-refractivity contribution < 1.29 is 4.79 Å². The molecule has 2 amide bonds. The predicted octanol–water partition coefficient (Wildman–Crippen LogP) is 4.38. The molecular formula is C21H27N3O. The lowest BCUT2D eigenvalue weighted by molar-refractivity contribution is 0.251. The maximum atomic E-state index is 12.0. The molecule has 0 aromatic heterocycles. The highest BCUT2D eigenvalue weighted by molar-refractivity contribution is 5.89. The average molecular weight is 337 g/mol. The first kappa shape index (κ1) is 17.5. The maximum Gasteiger partial charge on any atom is 0.319 e. The van der Waals surface area contributed by atoms with Crippen LogP contribution in [-0.2, 0) is 13.1 Å². The molecule has 0 aliphatic carbocycles. The smallest absolute Gasteiger partial charge is 0.319 e. The lowest BCUT2D eigenvalue weighted by atomic mass is 10.1. The number of nitrogens with one attached hydrogen (secondary N) is 2. The van der Waals surface area contributed by atoms with E-state index in [1.165, 1.54) is 44.3 Å². The van der Waals surface area contributed by atoms with Gasteiger partial charge in [0.25, 0.3) is 0 Å². The molecule has 2 aromatic carbocycles. The monoisotopic (exact) mass is 337 g/mol. The van der Waals surface area contributed by atoms with Crippen LogP contribution >= 0.6 is 0 Å². The van der Waals surface area contributed by atoms with E-state index in [2.05, 4.69) is 39.8 Å². The van der Waals surface area contributed by atoms with Crippen LogP contribution in [0.15, 0.2) is 54.6 Å². The van der Waals surface area contributed by atoms with Crippen LogP contribution in [0.4, 0.5) is 10.5 Å². The summed E-state index contributed by atoms with van der Waals surface area (Å²) in [5, 5.41) is 5.77. The Morgan fingerprint density at radius 1 is 0.880 bits per heavy atom. The van der Waals surface area contributed by atoms with Crippen molar-refractivity contribution in [1.29, 1.82) is 0 Å². The molecule has 0 unspecified atom stereocenters. The standard InChI is InChI=1S/C21H27N3O/c25-21(23-20-11-4-3-5-12-20)22-16-18-9-8-10-19(15-18)17-24-13-6-1-2-7-14-24/h3-5,8-12,15H,1-2,6-7,13-14,16-17H2,(H2,22,23,25). The van der Waals surface area contributed by atoms with Gasteiger partial charge < -0.3 is 10.6 Å². The van der Waals surface area contributed by atoms with E-state index in [1.807, 2.05) is 30.3 Å². The minimum absolute atomic E-state index is 0.177. The van der Waals surface area contributed by atoms with Crippen LogP contribution < -0.4 is 10.6 Å². The predicted molar refractivity (Wildman–Crippen MR) is 102 cm³/mol. The largest absolute Gasteiger partial charge is 0.334 e. The number of nitrogens with zero attached hydrogens (tertiary/aromatic N) is 1. The summed E-state index contributed by atoms with van der Waals surface area (Å²) in [6, 6.07) is 17.8. The van der Waals surface area contributed by atoms with Crippen molar-refractivity contribution in [3.63, 3.8) is 0 Å². The lowest BCUT2D eigenvalue weighted by Gasteiger charge is -2.20. The molecule has 2 aromatic rings. The molecule has 0 atom stereocenters. The Morgan fingerprint density at radius 2 is 1.60 bits per heavy atom. The molecule has 25 heavy (non-hydrogen) atoms. The maximum absolute atomic E-state index is 12.0.